The van der Waals surface area contributed by atoms with Crippen molar-refractivity contribution >= 4 is 0 Å². The Bertz CT molecular complexity index is 319. The lowest BCUT2D eigenvalue weighted by molar-refractivity contribution is -0.106. The van der Waals surface area contributed by atoms with Gasteiger partial charge in [-0.25, -0.2) is 0 Å². The van der Waals surface area contributed by atoms with Crippen LogP contribution in [0, 0.1) is 5.92 Å². The van der Waals surface area contributed by atoms with Crippen LogP contribution < -0.4 is 0 Å². The third kappa shape index (κ3) is 15.8. The minimum absolute atomic E-state index is 0.349. The third-order valence-electron chi connectivity index (χ3n) is 6.15. The average Bonchev–Trinajstić information content (AvgIpc) is 2.68. The second kappa shape index (κ2) is 18.9. The van der Waals surface area contributed by atoms with Crippen LogP contribution in [0.25, 0.3) is 0 Å². The van der Waals surface area contributed by atoms with Gasteiger partial charge in [0.05, 0.1) is 12.2 Å². The first kappa shape index (κ1) is 27.9. The number of unbranched alkanes of at least 4 members (excludes halogenated alkanes) is 13. The maximum Gasteiger partial charge on any atom is 0.106 e. The molecule has 0 saturated heterocycles. The van der Waals surface area contributed by atoms with E-state index in [-0.39, 0.29) is 6.61 Å². The minimum Gasteiger partial charge on any atom is -0.394 e. The lowest BCUT2D eigenvalue weighted by Gasteiger charge is -2.32. The molecule has 3 heteroatoms. The maximum atomic E-state index is 10.6. The standard InChI is InChI=1S/C25H52O3/c1-4-5-20-25(28,24(27)22-26)21-18-16-14-12-10-8-6-7-9-11-13-15-17-19-23(2)3/h23-24,26-28H,4-22H2,1-3H3. The molecule has 0 radical (unpaired) electrons. The Morgan fingerprint density at radius 1 is 0.643 bits per heavy atom. The molecule has 0 aliphatic heterocycles. The fraction of sp³-hybridized carbons (Fsp3) is 1.00. The van der Waals surface area contributed by atoms with Crippen molar-refractivity contribution < 1.29 is 15.3 Å². The molecule has 3 N–H and O–H groups in total. The van der Waals surface area contributed by atoms with Crippen molar-refractivity contribution in [1.29, 1.82) is 0 Å². The van der Waals surface area contributed by atoms with E-state index in [1.54, 1.807) is 0 Å². The quantitative estimate of drug-likeness (QED) is 0.186. The van der Waals surface area contributed by atoms with E-state index in [0.29, 0.717) is 12.8 Å². The van der Waals surface area contributed by atoms with Crippen molar-refractivity contribution in [2.45, 2.75) is 148 Å². The molecule has 0 aliphatic rings. The fourth-order valence-corrected chi connectivity index (χ4v) is 4.04. The molecule has 170 valence electrons. The second-order valence-corrected chi connectivity index (χ2v) is 9.43. The van der Waals surface area contributed by atoms with Gasteiger partial charge in [0.15, 0.2) is 0 Å². The number of aliphatic hydroxyl groups is 3. The Kier molecular flexibility index (Phi) is 18.8. The highest BCUT2D eigenvalue weighted by Crippen LogP contribution is 2.26. The van der Waals surface area contributed by atoms with Crippen LogP contribution in [-0.4, -0.2) is 33.6 Å². The van der Waals surface area contributed by atoms with E-state index >= 15 is 0 Å². The van der Waals surface area contributed by atoms with E-state index < -0.39 is 11.7 Å². The summed E-state index contributed by atoms with van der Waals surface area (Å²) < 4.78 is 0. The molecule has 0 rings (SSSR count). The molecular formula is C25H52O3. The first-order valence-electron chi connectivity index (χ1n) is 12.5. The highest BCUT2D eigenvalue weighted by atomic mass is 16.4. The third-order valence-corrected chi connectivity index (χ3v) is 6.15. The van der Waals surface area contributed by atoms with Gasteiger partial charge in [-0.3, -0.25) is 0 Å². The normalized spacial score (nSPS) is 15.1. The number of rotatable bonds is 21. The SMILES string of the molecule is CCCCC(O)(CCCCCCCCCCCCCCCC(C)C)C(O)CO. The van der Waals surface area contributed by atoms with Gasteiger partial charge in [0, 0.05) is 0 Å². The summed E-state index contributed by atoms with van der Waals surface area (Å²) in [5.74, 6) is 0.861. The van der Waals surface area contributed by atoms with Gasteiger partial charge in [-0.15, -0.1) is 0 Å². The predicted molar refractivity (Wildman–Crippen MR) is 122 cm³/mol. The molecule has 3 nitrogen and oxygen atoms in total. The van der Waals surface area contributed by atoms with Crippen LogP contribution >= 0.6 is 0 Å². The smallest absolute Gasteiger partial charge is 0.106 e. The summed E-state index contributed by atoms with van der Waals surface area (Å²) in [5, 5.41) is 29.7. The van der Waals surface area contributed by atoms with Crippen molar-refractivity contribution in [2.75, 3.05) is 6.61 Å². The zero-order chi connectivity index (χ0) is 21.1. The first-order chi connectivity index (χ1) is 13.5. The molecule has 0 aromatic carbocycles. The topological polar surface area (TPSA) is 60.7 Å². The molecular weight excluding hydrogens is 348 g/mol. The minimum atomic E-state index is -1.10. The molecule has 0 fully saturated rings. The molecule has 0 amide bonds. The molecule has 0 saturated carbocycles. The molecule has 2 unspecified atom stereocenters. The summed E-state index contributed by atoms with van der Waals surface area (Å²) in [6.45, 7) is 6.36. The van der Waals surface area contributed by atoms with Crippen molar-refractivity contribution in [3.63, 3.8) is 0 Å². The first-order valence-corrected chi connectivity index (χ1v) is 12.5. The van der Waals surface area contributed by atoms with Crippen LogP contribution in [0.3, 0.4) is 0 Å². The van der Waals surface area contributed by atoms with E-state index in [4.69, 9.17) is 0 Å². The number of aliphatic hydroxyl groups excluding tert-OH is 2. The molecule has 0 heterocycles. The molecule has 0 aromatic rings. The Hall–Kier alpha value is -0.120. The zero-order valence-corrected chi connectivity index (χ0v) is 19.4. The summed E-state index contributed by atoms with van der Waals surface area (Å²) in [6.07, 6.45) is 20.6. The molecule has 28 heavy (non-hydrogen) atoms. The van der Waals surface area contributed by atoms with E-state index in [2.05, 4.69) is 20.8 Å². The maximum absolute atomic E-state index is 10.6. The van der Waals surface area contributed by atoms with Crippen LogP contribution in [0.1, 0.15) is 136 Å². The van der Waals surface area contributed by atoms with Crippen LogP contribution in [0.5, 0.6) is 0 Å². The Balaban J connectivity index is 3.46. The van der Waals surface area contributed by atoms with Crippen LogP contribution in [0.2, 0.25) is 0 Å². The van der Waals surface area contributed by atoms with Gasteiger partial charge >= 0.3 is 0 Å². The molecule has 0 aliphatic carbocycles. The lowest BCUT2D eigenvalue weighted by atomic mass is 9.85. The van der Waals surface area contributed by atoms with Gasteiger partial charge < -0.3 is 15.3 Å². The van der Waals surface area contributed by atoms with Gasteiger partial charge in [0.2, 0.25) is 0 Å². The highest BCUT2D eigenvalue weighted by Gasteiger charge is 2.33. The van der Waals surface area contributed by atoms with Gasteiger partial charge in [-0.2, -0.15) is 0 Å². The van der Waals surface area contributed by atoms with E-state index in [1.165, 1.54) is 77.0 Å². The summed E-state index contributed by atoms with van der Waals surface area (Å²) >= 11 is 0. The number of hydrogen-bond donors (Lipinski definition) is 3. The van der Waals surface area contributed by atoms with E-state index in [0.717, 1.165) is 31.6 Å². The van der Waals surface area contributed by atoms with Crippen molar-refractivity contribution in [2.24, 2.45) is 5.92 Å². The average molecular weight is 401 g/mol. The summed E-state index contributed by atoms with van der Waals surface area (Å²) in [5.41, 5.74) is -1.10. The monoisotopic (exact) mass is 400 g/mol. The lowest BCUT2D eigenvalue weighted by Crippen LogP contribution is -2.44. The molecule has 2 atom stereocenters. The summed E-state index contributed by atoms with van der Waals surface area (Å²) in [4.78, 5) is 0. The van der Waals surface area contributed by atoms with Crippen LogP contribution in [-0.2, 0) is 0 Å². The van der Waals surface area contributed by atoms with Crippen molar-refractivity contribution in [3.05, 3.63) is 0 Å². The van der Waals surface area contributed by atoms with Gasteiger partial charge in [-0.05, 0) is 18.8 Å². The second-order valence-electron chi connectivity index (χ2n) is 9.43. The van der Waals surface area contributed by atoms with Gasteiger partial charge in [0.1, 0.15) is 6.10 Å². The van der Waals surface area contributed by atoms with Gasteiger partial charge in [-0.1, -0.05) is 124 Å². The summed E-state index contributed by atoms with van der Waals surface area (Å²) in [6, 6.07) is 0. The van der Waals surface area contributed by atoms with Crippen molar-refractivity contribution in [1.82, 2.24) is 0 Å². The Labute approximate surface area is 176 Å². The number of hydrogen-bond acceptors (Lipinski definition) is 3. The van der Waals surface area contributed by atoms with E-state index in [1.807, 2.05) is 0 Å². The zero-order valence-electron chi connectivity index (χ0n) is 19.4. The van der Waals surface area contributed by atoms with E-state index in [9.17, 15) is 15.3 Å². The molecule has 0 aromatic heterocycles. The Morgan fingerprint density at radius 2 is 1.04 bits per heavy atom. The Morgan fingerprint density at radius 3 is 1.43 bits per heavy atom. The van der Waals surface area contributed by atoms with Crippen LogP contribution in [0.15, 0.2) is 0 Å². The predicted octanol–water partition coefficient (Wildman–Crippen LogP) is 6.77. The highest BCUT2D eigenvalue weighted by molar-refractivity contribution is 4.86. The van der Waals surface area contributed by atoms with Crippen molar-refractivity contribution in [3.8, 4) is 0 Å². The largest absolute Gasteiger partial charge is 0.394 e. The van der Waals surface area contributed by atoms with Crippen LogP contribution in [0.4, 0.5) is 0 Å². The fourth-order valence-electron chi connectivity index (χ4n) is 4.04. The summed E-state index contributed by atoms with van der Waals surface area (Å²) in [7, 11) is 0. The van der Waals surface area contributed by atoms with Gasteiger partial charge in [0.25, 0.3) is 0 Å². The molecule has 0 bridgehead atoms. The molecule has 0 spiro atoms.